The lowest BCUT2D eigenvalue weighted by Gasteiger charge is -2.23. The molecule has 1 fully saturated rings. The van der Waals surface area contributed by atoms with Gasteiger partial charge < -0.3 is 10.0 Å². The first-order valence-corrected chi connectivity index (χ1v) is 5.64. The Morgan fingerprint density at radius 3 is 2.73 bits per heavy atom. The molecule has 1 aliphatic rings. The summed E-state index contributed by atoms with van der Waals surface area (Å²) in [5, 5.41) is 9.11. The van der Waals surface area contributed by atoms with Crippen molar-refractivity contribution in [1.82, 2.24) is 9.80 Å². The second-order valence-corrected chi connectivity index (χ2v) is 4.74. The predicted molar refractivity (Wildman–Crippen MR) is 59.9 cm³/mol. The average Bonchev–Trinajstić information content (AvgIpc) is 2.46. The number of hydrogen-bond donors (Lipinski definition) is 1. The number of likely N-dealkylation sites (tertiary alicyclic amines) is 1. The van der Waals surface area contributed by atoms with Crippen molar-refractivity contribution >= 4 is 5.97 Å². The standard InChI is InChI=1S/C11H22N2O2/c1-9-5-8-13(10(9)11(14)15)7-4-6-12(2)3/h9-10H,4-8H2,1-3H3,(H,14,15). The normalized spacial score (nSPS) is 27.5. The molecule has 0 aromatic carbocycles. The molecule has 0 amide bonds. The second kappa shape index (κ2) is 5.47. The Bertz CT molecular complexity index is 219. The van der Waals surface area contributed by atoms with Gasteiger partial charge in [-0.05, 0) is 45.9 Å². The Hall–Kier alpha value is -0.610. The van der Waals surface area contributed by atoms with E-state index in [2.05, 4.69) is 9.80 Å². The number of rotatable bonds is 5. The zero-order chi connectivity index (χ0) is 11.4. The smallest absolute Gasteiger partial charge is 0.321 e. The third-order valence-electron chi connectivity index (χ3n) is 3.11. The molecule has 0 radical (unpaired) electrons. The van der Waals surface area contributed by atoms with Crippen LogP contribution in [-0.4, -0.2) is 60.6 Å². The minimum absolute atomic E-state index is 0.257. The zero-order valence-electron chi connectivity index (χ0n) is 9.94. The lowest BCUT2D eigenvalue weighted by molar-refractivity contribution is -0.143. The molecular formula is C11H22N2O2. The van der Waals surface area contributed by atoms with Gasteiger partial charge in [-0.2, -0.15) is 0 Å². The molecule has 1 N–H and O–H groups in total. The van der Waals surface area contributed by atoms with Crippen LogP contribution in [0.25, 0.3) is 0 Å². The minimum atomic E-state index is -0.662. The molecule has 0 spiro atoms. The maximum Gasteiger partial charge on any atom is 0.321 e. The van der Waals surface area contributed by atoms with Crippen LogP contribution in [0.1, 0.15) is 19.8 Å². The SMILES string of the molecule is CC1CCN(CCCN(C)C)C1C(=O)O. The maximum atomic E-state index is 11.1. The van der Waals surface area contributed by atoms with E-state index in [1.165, 1.54) is 0 Å². The summed E-state index contributed by atoms with van der Waals surface area (Å²) >= 11 is 0. The van der Waals surface area contributed by atoms with Crippen LogP contribution in [0, 0.1) is 5.92 Å². The minimum Gasteiger partial charge on any atom is -0.480 e. The van der Waals surface area contributed by atoms with Gasteiger partial charge >= 0.3 is 5.97 Å². The van der Waals surface area contributed by atoms with E-state index in [1.807, 2.05) is 21.0 Å². The molecular weight excluding hydrogens is 192 g/mol. The third kappa shape index (κ3) is 3.47. The van der Waals surface area contributed by atoms with Crippen LogP contribution in [0.4, 0.5) is 0 Å². The van der Waals surface area contributed by atoms with Crippen LogP contribution in [0.2, 0.25) is 0 Å². The molecule has 0 aromatic heterocycles. The second-order valence-electron chi connectivity index (χ2n) is 4.74. The van der Waals surface area contributed by atoms with E-state index >= 15 is 0 Å². The number of carbonyl (C=O) groups is 1. The summed E-state index contributed by atoms with van der Waals surface area (Å²) in [5.74, 6) is -0.369. The quantitative estimate of drug-likeness (QED) is 0.733. The van der Waals surface area contributed by atoms with E-state index in [1.54, 1.807) is 0 Å². The van der Waals surface area contributed by atoms with Crippen molar-refractivity contribution in [3.8, 4) is 0 Å². The Kier molecular flexibility index (Phi) is 4.54. The van der Waals surface area contributed by atoms with Crippen molar-refractivity contribution in [1.29, 1.82) is 0 Å². The Morgan fingerprint density at radius 1 is 1.53 bits per heavy atom. The first kappa shape index (κ1) is 12.5. The monoisotopic (exact) mass is 214 g/mol. The number of hydrogen-bond acceptors (Lipinski definition) is 3. The van der Waals surface area contributed by atoms with Crippen LogP contribution >= 0.6 is 0 Å². The van der Waals surface area contributed by atoms with Gasteiger partial charge in [0.05, 0.1) is 0 Å². The van der Waals surface area contributed by atoms with E-state index in [4.69, 9.17) is 5.11 Å². The fourth-order valence-corrected chi connectivity index (χ4v) is 2.27. The molecule has 4 heteroatoms. The zero-order valence-corrected chi connectivity index (χ0v) is 9.94. The van der Waals surface area contributed by atoms with Crippen molar-refractivity contribution in [2.75, 3.05) is 33.7 Å². The highest BCUT2D eigenvalue weighted by Gasteiger charge is 2.35. The van der Waals surface area contributed by atoms with E-state index < -0.39 is 5.97 Å². The van der Waals surface area contributed by atoms with Crippen LogP contribution < -0.4 is 0 Å². The van der Waals surface area contributed by atoms with Gasteiger partial charge in [0.1, 0.15) is 6.04 Å². The van der Waals surface area contributed by atoms with Gasteiger partial charge in [0.25, 0.3) is 0 Å². The third-order valence-corrected chi connectivity index (χ3v) is 3.11. The van der Waals surface area contributed by atoms with Crippen molar-refractivity contribution in [2.24, 2.45) is 5.92 Å². The summed E-state index contributed by atoms with van der Waals surface area (Å²) in [6, 6.07) is -0.257. The first-order valence-electron chi connectivity index (χ1n) is 5.64. The molecule has 0 saturated carbocycles. The van der Waals surface area contributed by atoms with Crippen LogP contribution in [0.15, 0.2) is 0 Å². The molecule has 1 heterocycles. The molecule has 1 aliphatic heterocycles. The summed E-state index contributed by atoms with van der Waals surface area (Å²) in [5.41, 5.74) is 0. The van der Waals surface area contributed by atoms with Crippen LogP contribution in [0.5, 0.6) is 0 Å². The molecule has 0 aromatic rings. The van der Waals surface area contributed by atoms with E-state index in [0.29, 0.717) is 5.92 Å². The highest BCUT2D eigenvalue weighted by molar-refractivity contribution is 5.74. The van der Waals surface area contributed by atoms with Gasteiger partial charge in [-0.15, -0.1) is 0 Å². The fourth-order valence-electron chi connectivity index (χ4n) is 2.27. The largest absolute Gasteiger partial charge is 0.480 e. The number of nitrogens with zero attached hydrogens (tertiary/aromatic N) is 2. The molecule has 15 heavy (non-hydrogen) atoms. The maximum absolute atomic E-state index is 11.1. The molecule has 1 rings (SSSR count). The number of aliphatic carboxylic acids is 1. The van der Waals surface area contributed by atoms with E-state index in [9.17, 15) is 4.79 Å². The lowest BCUT2D eigenvalue weighted by Crippen LogP contribution is -2.40. The highest BCUT2D eigenvalue weighted by Crippen LogP contribution is 2.23. The van der Waals surface area contributed by atoms with Gasteiger partial charge in [-0.25, -0.2) is 0 Å². The summed E-state index contributed by atoms with van der Waals surface area (Å²) in [6.45, 7) is 4.90. The van der Waals surface area contributed by atoms with Crippen molar-refractivity contribution in [3.63, 3.8) is 0 Å². The van der Waals surface area contributed by atoms with E-state index in [0.717, 1.165) is 32.5 Å². The summed E-state index contributed by atoms with van der Waals surface area (Å²) in [7, 11) is 4.09. The molecule has 88 valence electrons. The Labute approximate surface area is 91.9 Å². The van der Waals surface area contributed by atoms with Gasteiger partial charge in [0.2, 0.25) is 0 Å². The van der Waals surface area contributed by atoms with Gasteiger partial charge in [-0.1, -0.05) is 6.92 Å². The average molecular weight is 214 g/mol. The van der Waals surface area contributed by atoms with Gasteiger partial charge in [-0.3, -0.25) is 9.69 Å². The number of carboxylic acid groups (broad SMARTS) is 1. The molecule has 4 nitrogen and oxygen atoms in total. The van der Waals surface area contributed by atoms with Crippen LogP contribution in [-0.2, 0) is 4.79 Å². The van der Waals surface area contributed by atoms with Crippen molar-refractivity contribution in [2.45, 2.75) is 25.8 Å². The summed E-state index contributed by atoms with van der Waals surface area (Å²) in [6.07, 6.45) is 2.06. The molecule has 0 aliphatic carbocycles. The first-order chi connectivity index (χ1) is 7.02. The van der Waals surface area contributed by atoms with Crippen molar-refractivity contribution in [3.05, 3.63) is 0 Å². The fraction of sp³-hybridized carbons (Fsp3) is 0.909. The molecule has 0 bridgehead atoms. The predicted octanol–water partition coefficient (Wildman–Crippen LogP) is 0.733. The van der Waals surface area contributed by atoms with Crippen LogP contribution in [0.3, 0.4) is 0 Å². The molecule has 1 saturated heterocycles. The lowest BCUT2D eigenvalue weighted by atomic mass is 10.0. The Morgan fingerprint density at radius 2 is 2.20 bits per heavy atom. The van der Waals surface area contributed by atoms with E-state index in [-0.39, 0.29) is 6.04 Å². The highest BCUT2D eigenvalue weighted by atomic mass is 16.4. The number of carboxylic acids is 1. The van der Waals surface area contributed by atoms with Gasteiger partial charge in [0, 0.05) is 6.54 Å². The van der Waals surface area contributed by atoms with Crippen molar-refractivity contribution < 1.29 is 9.90 Å². The van der Waals surface area contributed by atoms with Gasteiger partial charge in [0.15, 0.2) is 0 Å². The molecule has 2 atom stereocenters. The summed E-state index contributed by atoms with van der Waals surface area (Å²) < 4.78 is 0. The Balaban J connectivity index is 2.37. The topological polar surface area (TPSA) is 43.8 Å². The molecule has 2 unspecified atom stereocenters. The summed E-state index contributed by atoms with van der Waals surface area (Å²) in [4.78, 5) is 15.3.